The molecular formula is C12H26N2O3S. The SMILES string of the molecule is CCCNC(C)(CO)CN1CCCS(=O)(=O)CC1. The smallest absolute Gasteiger partial charge is 0.151 e. The number of aliphatic hydroxyl groups excluding tert-OH is 1. The lowest BCUT2D eigenvalue weighted by molar-refractivity contribution is 0.124. The van der Waals surface area contributed by atoms with E-state index in [-0.39, 0.29) is 17.9 Å². The monoisotopic (exact) mass is 278 g/mol. The number of rotatable bonds is 6. The molecule has 1 rings (SSSR count). The Morgan fingerprint density at radius 3 is 2.67 bits per heavy atom. The largest absolute Gasteiger partial charge is 0.394 e. The Kier molecular flexibility index (Phi) is 6.04. The van der Waals surface area contributed by atoms with Gasteiger partial charge in [0.2, 0.25) is 0 Å². The number of sulfone groups is 1. The molecule has 2 N–H and O–H groups in total. The molecule has 0 saturated carbocycles. The summed E-state index contributed by atoms with van der Waals surface area (Å²) in [5.74, 6) is 0.532. The highest BCUT2D eigenvalue weighted by molar-refractivity contribution is 7.91. The molecule has 18 heavy (non-hydrogen) atoms. The summed E-state index contributed by atoms with van der Waals surface area (Å²) >= 11 is 0. The molecule has 0 bridgehead atoms. The van der Waals surface area contributed by atoms with Gasteiger partial charge in [0.15, 0.2) is 9.84 Å². The van der Waals surface area contributed by atoms with Gasteiger partial charge in [-0.25, -0.2) is 8.42 Å². The molecule has 1 heterocycles. The molecule has 1 saturated heterocycles. The van der Waals surface area contributed by atoms with Crippen LogP contribution in [0.25, 0.3) is 0 Å². The second-order valence-electron chi connectivity index (χ2n) is 5.43. The van der Waals surface area contributed by atoms with Crippen LogP contribution in [0.2, 0.25) is 0 Å². The van der Waals surface area contributed by atoms with Crippen molar-refractivity contribution in [2.75, 3.05) is 44.3 Å². The van der Waals surface area contributed by atoms with Gasteiger partial charge >= 0.3 is 0 Å². The van der Waals surface area contributed by atoms with Crippen LogP contribution in [0.5, 0.6) is 0 Å². The van der Waals surface area contributed by atoms with E-state index in [9.17, 15) is 13.5 Å². The minimum Gasteiger partial charge on any atom is -0.394 e. The van der Waals surface area contributed by atoms with Crippen LogP contribution in [0.1, 0.15) is 26.7 Å². The molecule has 108 valence electrons. The van der Waals surface area contributed by atoms with E-state index in [0.717, 1.165) is 19.5 Å². The van der Waals surface area contributed by atoms with Gasteiger partial charge in [0.25, 0.3) is 0 Å². The van der Waals surface area contributed by atoms with Gasteiger partial charge in [0.1, 0.15) is 0 Å². The third kappa shape index (κ3) is 5.22. The highest BCUT2D eigenvalue weighted by Gasteiger charge is 2.27. The summed E-state index contributed by atoms with van der Waals surface area (Å²) < 4.78 is 23.1. The van der Waals surface area contributed by atoms with Crippen LogP contribution in [0.15, 0.2) is 0 Å². The van der Waals surface area contributed by atoms with Gasteiger partial charge in [-0.3, -0.25) is 0 Å². The van der Waals surface area contributed by atoms with E-state index in [4.69, 9.17) is 0 Å². The molecule has 0 amide bonds. The third-order valence-corrected chi connectivity index (χ3v) is 5.09. The lowest BCUT2D eigenvalue weighted by Crippen LogP contribution is -2.54. The maximum absolute atomic E-state index is 11.5. The summed E-state index contributed by atoms with van der Waals surface area (Å²) in [7, 11) is -2.86. The van der Waals surface area contributed by atoms with Crippen molar-refractivity contribution in [2.24, 2.45) is 0 Å². The molecule has 0 aliphatic carbocycles. The Morgan fingerprint density at radius 2 is 2.06 bits per heavy atom. The Bertz CT molecular complexity index is 345. The predicted molar refractivity (Wildman–Crippen MR) is 73.5 cm³/mol. The normalized spacial score (nSPS) is 24.4. The van der Waals surface area contributed by atoms with E-state index in [1.54, 1.807) is 0 Å². The highest BCUT2D eigenvalue weighted by Crippen LogP contribution is 2.11. The lowest BCUT2D eigenvalue weighted by atomic mass is 10.0. The van der Waals surface area contributed by atoms with Crippen molar-refractivity contribution < 1.29 is 13.5 Å². The molecule has 0 spiro atoms. The molecular weight excluding hydrogens is 252 g/mol. The van der Waals surface area contributed by atoms with Crippen molar-refractivity contribution in [3.8, 4) is 0 Å². The lowest BCUT2D eigenvalue weighted by Gasteiger charge is -2.34. The van der Waals surface area contributed by atoms with Crippen LogP contribution >= 0.6 is 0 Å². The summed E-state index contributed by atoms with van der Waals surface area (Å²) in [6.07, 6.45) is 1.71. The van der Waals surface area contributed by atoms with E-state index in [1.807, 2.05) is 6.92 Å². The first-order valence-corrected chi connectivity index (χ1v) is 8.51. The van der Waals surface area contributed by atoms with Crippen molar-refractivity contribution in [3.63, 3.8) is 0 Å². The molecule has 0 aromatic rings. The minimum absolute atomic E-state index is 0.0657. The van der Waals surface area contributed by atoms with E-state index >= 15 is 0 Å². The van der Waals surface area contributed by atoms with Crippen molar-refractivity contribution in [1.29, 1.82) is 0 Å². The van der Waals surface area contributed by atoms with Crippen LogP contribution in [0.4, 0.5) is 0 Å². The number of hydrogen-bond acceptors (Lipinski definition) is 5. The molecule has 0 aromatic carbocycles. The van der Waals surface area contributed by atoms with Crippen LogP contribution in [0, 0.1) is 0 Å². The van der Waals surface area contributed by atoms with Gasteiger partial charge in [0.05, 0.1) is 23.7 Å². The quantitative estimate of drug-likeness (QED) is 0.707. The number of hydrogen-bond donors (Lipinski definition) is 2. The first-order chi connectivity index (χ1) is 8.41. The number of nitrogens with one attached hydrogen (secondary N) is 1. The first kappa shape index (κ1) is 15.9. The van der Waals surface area contributed by atoms with Gasteiger partial charge < -0.3 is 15.3 Å². The second-order valence-corrected chi connectivity index (χ2v) is 7.73. The zero-order valence-electron chi connectivity index (χ0n) is 11.5. The van der Waals surface area contributed by atoms with Gasteiger partial charge in [-0.05, 0) is 32.9 Å². The standard InChI is InChI=1S/C12H26N2O3S/c1-3-5-13-12(2,11-15)10-14-6-4-8-18(16,17)9-7-14/h13,15H,3-11H2,1-2H3. The van der Waals surface area contributed by atoms with Gasteiger partial charge in [-0.1, -0.05) is 6.92 Å². The predicted octanol–water partition coefficient (Wildman–Crippen LogP) is -0.142. The topological polar surface area (TPSA) is 69.6 Å². The van der Waals surface area contributed by atoms with E-state index in [1.165, 1.54) is 0 Å². The first-order valence-electron chi connectivity index (χ1n) is 6.69. The molecule has 1 aliphatic heterocycles. The molecule has 1 unspecified atom stereocenters. The van der Waals surface area contributed by atoms with E-state index in [2.05, 4.69) is 17.1 Å². The maximum atomic E-state index is 11.5. The molecule has 5 nitrogen and oxygen atoms in total. The fourth-order valence-corrected chi connectivity index (χ4v) is 3.54. The molecule has 1 atom stereocenters. The Labute approximate surface area is 110 Å². The molecule has 0 radical (unpaired) electrons. The average molecular weight is 278 g/mol. The number of nitrogens with zero attached hydrogens (tertiary/aromatic N) is 1. The third-order valence-electron chi connectivity index (χ3n) is 3.37. The van der Waals surface area contributed by atoms with Gasteiger partial charge in [-0.15, -0.1) is 0 Å². The summed E-state index contributed by atoms with van der Waals surface area (Å²) in [5, 5.41) is 12.9. The highest BCUT2D eigenvalue weighted by atomic mass is 32.2. The summed E-state index contributed by atoms with van der Waals surface area (Å²) in [5.41, 5.74) is -0.343. The summed E-state index contributed by atoms with van der Waals surface area (Å²) in [6, 6.07) is 0. The second kappa shape index (κ2) is 6.84. The zero-order chi connectivity index (χ0) is 13.6. The van der Waals surface area contributed by atoms with E-state index < -0.39 is 9.84 Å². The Balaban J connectivity index is 2.54. The fourth-order valence-electron chi connectivity index (χ4n) is 2.23. The van der Waals surface area contributed by atoms with Crippen LogP contribution in [0.3, 0.4) is 0 Å². The number of aliphatic hydroxyl groups is 1. The van der Waals surface area contributed by atoms with Crippen LogP contribution < -0.4 is 5.32 Å². The molecule has 1 aliphatic rings. The van der Waals surface area contributed by atoms with Crippen LogP contribution in [-0.4, -0.2) is 68.3 Å². The maximum Gasteiger partial charge on any atom is 0.151 e. The molecule has 1 fully saturated rings. The van der Waals surface area contributed by atoms with Crippen molar-refractivity contribution in [3.05, 3.63) is 0 Å². The van der Waals surface area contributed by atoms with Gasteiger partial charge in [-0.2, -0.15) is 0 Å². The van der Waals surface area contributed by atoms with Crippen molar-refractivity contribution in [2.45, 2.75) is 32.2 Å². The Morgan fingerprint density at radius 1 is 1.33 bits per heavy atom. The summed E-state index contributed by atoms with van der Waals surface area (Å²) in [4.78, 5) is 2.14. The van der Waals surface area contributed by atoms with Crippen molar-refractivity contribution >= 4 is 9.84 Å². The zero-order valence-corrected chi connectivity index (χ0v) is 12.3. The summed E-state index contributed by atoms with van der Waals surface area (Å²) in [6.45, 7) is 7.07. The van der Waals surface area contributed by atoms with Crippen molar-refractivity contribution in [1.82, 2.24) is 10.2 Å². The average Bonchev–Trinajstić information content (AvgIpc) is 2.48. The van der Waals surface area contributed by atoms with E-state index in [0.29, 0.717) is 25.3 Å². The molecule has 6 heteroatoms. The van der Waals surface area contributed by atoms with Gasteiger partial charge in [0, 0.05) is 13.1 Å². The van der Waals surface area contributed by atoms with Crippen LogP contribution in [-0.2, 0) is 9.84 Å². The molecule has 0 aromatic heterocycles. The minimum atomic E-state index is -2.86. The fraction of sp³-hybridized carbons (Fsp3) is 1.00. The Hall–Kier alpha value is -0.170.